The largest absolute Gasteiger partial charge is 0.311 e. The van der Waals surface area contributed by atoms with Gasteiger partial charge < -0.3 is 5.32 Å². The Hall–Kier alpha value is -0.780. The lowest BCUT2D eigenvalue weighted by Crippen LogP contribution is -2.58. The van der Waals surface area contributed by atoms with E-state index in [1.54, 1.807) is 35.0 Å². The van der Waals surface area contributed by atoms with Crippen LogP contribution in [0.1, 0.15) is 20.3 Å². The fourth-order valence-electron chi connectivity index (χ4n) is 1.05. The summed E-state index contributed by atoms with van der Waals surface area (Å²) < 4.78 is 0. The maximum atomic E-state index is 11.8. The van der Waals surface area contributed by atoms with Crippen molar-refractivity contribution in [2.45, 2.75) is 32.0 Å². The fraction of sp³-hybridized carbons (Fsp3) is 0.800. The lowest BCUT2D eigenvalue weighted by atomic mass is 9.99. The highest BCUT2D eigenvalue weighted by Gasteiger charge is 2.31. The Morgan fingerprint density at radius 3 is 2.00 bits per heavy atom. The molecule has 0 saturated heterocycles. The molecule has 3 N–H and O–H groups in total. The third kappa shape index (κ3) is 3.70. The van der Waals surface area contributed by atoms with Crippen molar-refractivity contribution in [3.05, 3.63) is 0 Å². The van der Waals surface area contributed by atoms with Gasteiger partial charge >= 0.3 is 0 Å². The lowest BCUT2D eigenvalue weighted by molar-refractivity contribution is -0.131. The minimum atomic E-state index is -0.830. The van der Waals surface area contributed by atoms with E-state index < -0.39 is 5.66 Å². The predicted octanol–water partition coefficient (Wildman–Crippen LogP) is -0.722. The molecule has 1 unspecified atom stereocenters. The van der Waals surface area contributed by atoms with Crippen molar-refractivity contribution in [3.8, 4) is 0 Å². The number of Topliss-reactive ketones (excluding diaryl/α,β-unsaturated/α-hetero) is 2. The van der Waals surface area contributed by atoms with Gasteiger partial charge in [-0.2, -0.15) is 0 Å². The average Bonchev–Trinajstić information content (AvgIpc) is 2.26. The molecular formula is C10H21N3O2. The summed E-state index contributed by atoms with van der Waals surface area (Å²) in [7, 11) is 5.06. The topological polar surface area (TPSA) is 70.2 Å². The lowest BCUT2D eigenvalue weighted by Gasteiger charge is -2.27. The van der Waals surface area contributed by atoms with Gasteiger partial charge in [-0.1, -0.05) is 0 Å². The van der Waals surface area contributed by atoms with Crippen molar-refractivity contribution in [1.82, 2.24) is 16.0 Å². The third-order valence-corrected chi connectivity index (χ3v) is 2.81. The monoisotopic (exact) mass is 215 g/mol. The molecule has 0 aromatic carbocycles. The normalized spacial score (nSPS) is 13.7. The second-order valence-electron chi connectivity index (χ2n) is 3.70. The number of hydrogen-bond donors (Lipinski definition) is 3. The Morgan fingerprint density at radius 2 is 1.67 bits per heavy atom. The zero-order chi connectivity index (χ0) is 12.1. The number of rotatable bonds is 7. The Labute approximate surface area is 91.0 Å². The van der Waals surface area contributed by atoms with Crippen LogP contribution in [0.5, 0.6) is 0 Å². The van der Waals surface area contributed by atoms with E-state index in [0.29, 0.717) is 0 Å². The third-order valence-electron chi connectivity index (χ3n) is 2.81. The van der Waals surface area contributed by atoms with E-state index in [-0.39, 0.29) is 24.0 Å². The maximum Gasteiger partial charge on any atom is 0.174 e. The van der Waals surface area contributed by atoms with E-state index in [1.165, 1.54) is 0 Å². The van der Waals surface area contributed by atoms with Crippen LogP contribution in [0.2, 0.25) is 0 Å². The number of likely N-dealkylation sites (N-methyl/N-ethyl adjacent to an activating group) is 3. The van der Waals surface area contributed by atoms with Gasteiger partial charge in [0.15, 0.2) is 11.6 Å². The van der Waals surface area contributed by atoms with E-state index in [0.717, 1.165) is 0 Å². The molecule has 0 heterocycles. The number of hydrogen-bond acceptors (Lipinski definition) is 5. The van der Waals surface area contributed by atoms with Gasteiger partial charge in [0.05, 0.1) is 12.5 Å². The fourth-order valence-corrected chi connectivity index (χ4v) is 1.05. The molecule has 0 fully saturated rings. The molecule has 0 amide bonds. The van der Waals surface area contributed by atoms with Crippen LogP contribution in [0.3, 0.4) is 0 Å². The van der Waals surface area contributed by atoms with Crippen LogP contribution in [0, 0.1) is 0 Å². The predicted molar refractivity (Wildman–Crippen MR) is 59.7 cm³/mol. The van der Waals surface area contributed by atoms with Crippen LogP contribution in [0.4, 0.5) is 0 Å². The molecular weight excluding hydrogens is 194 g/mol. The highest BCUT2D eigenvalue weighted by molar-refractivity contribution is 6.04. The minimum Gasteiger partial charge on any atom is -0.311 e. The summed E-state index contributed by atoms with van der Waals surface area (Å²) in [5.74, 6) is -0.251. The summed E-state index contributed by atoms with van der Waals surface area (Å²) in [4.78, 5) is 23.3. The summed E-state index contributed by atoms with van der Waals surface area (Å²) in [6.45, 7) is 3.46. The molecule has 15 heavy (non-hydrogen) atoms. The first-order valence-electron chi connectivity index (χ1n) is 5.02. The molecule has 88 valence electrons. The second kappa shape index (κ2) is 5.95. The Bertz CT molecular complexity index is 237. The molecule has 1 atom stereocenters. The molecule has 0 spiro atoms. The standard InChI is InChI=1S/C10H21N3O2/c1-7(11-3)8(14)6-9(15)10(2,12-4)13-5/h7,11-13H,6H2,1-5H3. The average molecular weight is 215 g/mol. The van der Waals surface area contributed by atoms with E-state index in [2.05, 4.69) is 16.0 Å². The summed E-state index contributed by atoms with van der Waals surface area (Å²) in [6.07, 6.45) is -0.0693. The molecule has 0 aliphatic rings. The molecule has 0 saturated carbocycles. The molecule has 0 rings (SSSR count). The molecule has 0 aromatic rings. The molecule has 0 aromatic heterocycles. The summed E-state index contributed by atoms with van der Waals surface area (Å²) >= 11 is 0. The van der Waals surface area contributed by atoms with Crippen LogP contribution in [0.25, 0.3) is 0 Å². The van der Waals surface area contributed by atoms with Crippen LogP contribution in [0.15, 0.2) is 0 Å². The molecule has 5 heteroatoms. The van der Waals surface area contributed by atoms with Crippen LogP contribution in [-0.2, 0) is 9.59 Å². The summed E-state index contributed by atoms with van der Waals surface area (Å²) in [5.41, 5.74) is -0.830. The molecule has 0 radical (unpaired) electrons. The highest BCUT2D eigenvalue weighted by atomic mass is 16.2. The first kappa shape index (κ1) is 14.2. The Morgan fingerprint density at radius 1 is 1.20 bits per heavy atom. The maximum absolute atomic E-state index is 11.8. The first-order valence-corrected chi connectivity index (χ1v) is 5.02. The molecule has 0 aliphatic carbocycles. The summed E-state index contributed by atoms with van der Waals surface area (Å²) in [5, 5.41) is 8.53. The van der Waals surface area contributed by atoms with E-state index >= 15 is 0 Å². The van der Waals surface area contributed by atoms with Crippen molar-refractivity contribution < 1.29 is 9.59 Å². The minimum absolute atomic E-state index is 0.0693. The number of nitrogens with one attached hydrogen (secondary N) is 3. The summed E-state index contributed by atoms with van der Waals surface area (Å²) in [6, 6.07) is -0.285. The zero-order valence-electron chi connectivity index (χ0n) is 10.1. The van der Waals surface area contributed by atoms with Crippen molar-refractivity contribution >= 4 is 11.6 Å². The second-order valence-corrected chi connectivity index (χ2v) is 3.70. The highest BCUT2D eigenvalue weighted by Crippen LogP contribution is 2.04. The van der Waals surface area contributed by atoms with E-state index in [9.17, 15) is 9.59 Å². The SMILES string of the molecule is CNC(C)C(=O)CC(=O)C(C)(NC)NC. The number of carbonyl (C=O) groups is 2. The van der Waals surface area contributed by atoms with E-state index in [4.69, 9.17) is 0 Å². The van der Waals surface area contributed by atoms with Crippen molar-refractivity contribution in [2.24, 2.45) is 0 Å². The van der Waals surface area contributed by atoms with Gasteiger partial charge in [-0.05, 0) is 35.0 Å². The van der Waals surface area contributed by atoms with Crippen molar-refractivity contribution in [3.63, 3.8) is 0 Å². The molecule has 0 aliphatic heterocycles. The van der Waals surface area contributed by atoms with Crippen molar-refractivity contribution in [2.75, 3.05) is 21.1 Å². The molecule has 0 bridgehead atoms. The number of ketones is 2. The van der Waals surface area contributed by atoms with Crippen LogP contribution >= 0.6 is 0 Å². The zero-order valence-corrected chi connectivity index (χ0v) is 10.1. The van der Waals surface area contributed by atoms with Crippen molar-refractivity contribution in [1.29, 1.82) is 0 Å². The van der Waals surface area contributed by atoms with Gasteiger partial charge in [-0.3, -0.25) is 20.2 Å². The first-order chi connectivity index (χ1) is 6.91. The van der Waals surface area contributed by atoms with E-state index in [1.807, 2.05) is 0 Å². The quantitative estimate of drug-likeness (QED) is 0.386. The van der Waals surface area contributed by atoms with Gasteiger partial charge in [-0.25, -0.2) is 0 Å². The van der Waals surface area contributed by atoms with Gasteiger partial charge in [0, 0.05) is 0 Å². The van der Waals surface area contributed by atoms with Crippen LogP contribution in [-0.4, -0.2) is 44.4 Å². The van der Waals surface area contributed by atoms with Gasteiger partial charge in [0.25, 0.3) is 0 Å². The Balaban J connectivity index is 4.42. The Kier molecular flexibility index (Phi) is 5.64. The van der Waals surface area contributed by atoms with Gasteiger partial charge in [0.1, 0.15) is 5.66 Å². The molecule has 5 nitrogen and oxygen atoms in total. The van der Waals surface area contributed by atoms with Gasteiger partial charge in [-0.15, -0.1) is 0 Å². The number of carbonyl (C=O) groups excluding carboxylic acids is 2. The smallest absolute Gasteiger partial charge is 0.174 e. The van der Waals surface area contributed by atoms with Crippen LogP contribution < -0.4 is 16.0 Å². The van der Waals surface area contributed by atoms with Gasteiger partial charge in [0.2, 0.25) is 0 Å².